The van der Waals surface area contributed by atoms with Crippen molar-refractivity contribution >= 4 is 39.2 Å². The third kappa shape index (κ3) is 3.87. The Balaban J connectivity index is 1.55. The number of benzene rings is 2. The molecule has 1 aliphatic heterocycles. The molecule has 1 aliphatic rings. The van der Waals surface area contributed by atoms with E-state index in [-0.39, 0.29) is 6.03 Å². The van der Waals surface area contributed by atoms with Crippen LogP contribution in [0.4, 0.5) is 22.0 Å². The number of amides is 2. The maximum Gasteiger partial charge on any atom is 0.326 e. The highest BCUT2D eigenvalue weighted by molar-refractivity contribution is 9.10. The van der Waals surface area contributed by atoms with Gasteiger partial charge in [0.2, 0.25) is 0 Å². The number of rotatable bonds is 3. The van der Waals surface area contributed by atoms with Crippen LogP contribution in [0.2, 0.25) is 0 Å². The molecule has 0 fully saturated rings. The molecule has 28 heavy (non-hydrogen) atoms. The van der Waals surface area contributed by atoms with Gasteiger partial charge in [-0.25, -0.2) is 9.78 Å². The molecular weight excluding hydrogens is 416 g/mol. The van der Waals surface area contributed by atoms with Crippen molar-refractivity contribution in [1.29, 1.82) is 0 Å². The third-order valence-corrected chi connectivity index (χ3v) is 5.71. The lowest BCUT2D eigenvalue weighted by Gasteiger charge is -2.36. The number of carbonyl (C=O) groups is 1. The number of fused-ring (bicyclic) bond motifs is 1. The fraction of sp³-hybridized carbons (Fsp3) is 0.182. The smallest absolute Gasteiger partial charge is 0.326 e. The van der Waals surface area contributed by atoms with Crippen LogP contribution in [0, 0.1) is 6.92 Å². The number of nitrogens with zero attached hydrogens (tertiary/aromatic N) is 3. The van der Waals surface area contributed by atoms with Gasteiger partial charge in [0.15, 0.2) is 5.82 Å². The van der Waals surface area contributed by atoms with E-state index >= 15 is 0 Å². The van der Waals surface area contributed by atoms with E-state index in [0.29, 0.717) is 6.54 Å². The molecule has 5 nitrogen and oxygen atoms in total. The van der Waals surface area contributed by atoms with Crippen LogP contribution in [0.15, 0.2) is 71.3 Å². The molecule has 0 spiro atoms. The van der Waals surface area contributed by atoms with Crippen LogP contribution in [0.1, 0.15) is 11.1 Å². The largest absolute Gasteiger partial charge is 0.349 e. The summed E-state index contributed by atoms with van der Waals surface area (Å²) in [6.07, 6.45) is 1.77. The van der Waals surface area contributed by atoms with Gasteiger partial charge in [-0.05, 0) is 48.4 Å². The Morgan fingerprint density at radius 1 is 1.11 bits per heavy atom. The van der Waals surface area contributed by atoms with Gasteiger partial charge < -0.3 is 10.2 Å². The molecule has 0 unspecified atom stereocenters. The second-order valence-electron chi connectivity index (χ2n) is 6.80. The summed E-state index contributed by atoms with van der Waals surface area (Å²) in [4.78, 5) is 21.5. The minimum absolute atomic E-state index is 0.143. The Labute approximate surface area is 173 Å². The van der Waals surface area contributed by atoms with Gasteiger partial charge in [-0.2, -0.15) is 0 Å². The van der Waals surface area contributed by atoms with Crippen LogP contribution in [-0.4, -0.2) is 24.1 Å². The van der Waals surface area contributed by atoms with Crippen molar-refractivity contribution in [2.75, 3.05) is 28.2 Å². The molecule has 0 saturated heterocycles. The molecular formula is C22H21BrN4O. The maximum atomic E-state index is 12.9. The second-order valence-corrected chi connectivity index (χ2v) is 7.65. The van der Waals surface area contributed by atoms with Gasteiger partial charge in [0.05, 0.1) is 5.69 Å². The van der Waals surface area contributed by atoms with E-state index in [1.54, 1.807) is 11.1 Å². The number of aromatic nitrogens is 1. The first-order valence-corrected chi connectivity index (χ1v) is 10.00. The van der Waals surface area contributed by atoms with Crippen molar-refractivity contribution < 1.29 is 4.79 Å². The predicted molar refractivity (Wildman–Crippen MR) is 117 cm³/mol. The Kier molecular flexibility index (Phi) is 5.30. The van der Waals surface area contributed by atoms with Gasteiger partial charge in [-0.1, -0.05) is 46.3 Å². The zero-order valence-electron chi connectivity index (χ0n) is 15.6. The van der Waals surface area contributed by atoms with Gasteiger partial charge in [0, 0.05) is 36.0 Å². The van der Waals surface area contributed by atoms with E-state index in [2.05, 4.69) is 43.3 Å². The summed E-state index contributed by atoms with van der Waals surface area (Å²) in [7, 11) is 0. The number of halogens is 1. The van der Waals surface area contributed by atoms with E-state index in [0.717, 1.165) is 40.3 Å². The maximum absolute atomic E-state index is 12.9. The van der Waals surface area contributed by atoms with Crippen molar-refractivity contribution in [3.8, 4) is 0 Å². The van der Waals surface area contributed by atoms with Crippen molar-refractivity contribution in [2.45, 2.75) is 13.5 Å². The minimum atomic E-state index is -0.143. The quantitative estimate of drug-likeness (QED) is 0.612. The van der Waals surface area contributed by atoms with Gasteiger partial charge >= 0.3 is 6.03 Å². The fourth-order valence-electron chi connectivity index (χ4n) is 3.37. The molecule has 6 heteroatoms. The van der Waals surface area contributed by atoms with Crippen molar-refractivity contribution in [2.24, 2.45) is 0 Å². The van der Waals surface area contributed by atoms with E-state index in [1.807, 2.05) is 55.5 Å². The number of hydrogen-bond donors (Lipinski definition) is 1. The first-order valence-electron chi connectivity index (χ1n) is 9.20. The molecule has 4 rings (SSSR count). The molecule has 0 radical (unpaired) electrons. The van der Waals surface area contributed by atoms with E-state index in [9.17, 15) is 4.79 Å². The summed E-state index contributed by atoms with van der Waals surface area (Å²) in [5, 5.41) is 3.00. The SMILES string of the molecule is Cc1cc(NC(=O)N2CCN(Cc3ccccc3)c3ncccc32)ccc1Br. The summed E-state index contributed by atoms with van der Waals surface area (Å²) in [5.74, 6) is 0.833. The summed E-state index contributed by atoms with van der Waals surface area (Å²) in [5.41, 5.74) is 3.91. The molecule has 3 aromatic rings. The van der Waals surface area contributed by atoms with Crippen LogP contribution >= 0.6 is 15.9 Å². The molecule has 0 atom stereocenters. The zero-order valence-corrected chi connectivity index (χ0v) is 17.2. The highest BCUT2D eigenvalue weighted by Crippen LogP contribution is 2.32. The molecule has 0 saturated carbocycles. The lowest BCUT2D eigenvalue weighted by molar-refractivity contribution is 0.256. The number of carbonyl (C=O) groups excluding carboxylic acids is 1. The number of anilines is 3. The van der Waals surface area contributed by atoms with Crippen LogP contribution in [0.25, 0.3) is 0 Å². The van der Waals surface area contributed by atoms with Gasteiger partial charge in [-0.15, -0.1) is 0 Å². The number of urea groups is 1. The molecule has 0 aliphatic carbocycles. The molecule has 1 N–H and O–H groups in total. The number of nitrogens with one attached hydrogen (secondary N) is 1. The molecule has 2 aromatic carbocycles. The van der Waals surface area contributed by atoms with E-state index in [1.165, 1.54) is 5.56 Å². The normalized spacial score (nSPS) is 13.2. The topological polar surface area (TPSA) is 48.5 Å². The van der Waals surface area contributed by atoms with E-state index < -0.39 is 0 Å². The van der Waals surface area contributed by atoms with E-state index in [4.69, 9.17) is 0 Å². The summed E-state index contributed by atoms with van der Waals surface area (Å²) in [6, 6.07) is 19.8. The van der Waals surface area contributed by atoms with Crippen molar-refractivity contribution in [1.82, 2.24) is 4.98 Å². The van der Waals surface area contributed by atoms with Crippen molar-refractivity contribution in [3.05, 3.63) is 82.5 Å². The fourth-order valence-corrected chi connectivity index (χ4v) is 3.62. The van der Waals surface area contributed by atoms with Gasteiger partial charge in [-0.3, -0.25) is 4.90 Å². The minimum Gasteiger partial charge on any atom is -0.349 e. The predicted octanol–water partition coefficient (Wildman–Crippen LogP) is 5.21. The van der Waals surface area contributed by atoms with Gasteiger partial charge in [0.1, 0.15) is 0 Å². The Bertz CT molecular complexity index is 993. The van der Waals surface area contributed by atoms with Crippen molar-refractivity contribution in [3.63, 3.8) is 0 Å². The highest BCUT2D eigenvalue weighted by atomic mass is 79.9. The summed E-state index contributed by atoms with van der Waals surface area (Å²) < 4.78 is 1.02. The summed E-state index contributed by atoms with van der Waals surface area (Å²) >= 11 is 3.49. The lowest BCUT2D eigenvalue weighted by atomic mass is 10.2. The number of pyridine rings is 1. The first-order chi connectivity index (χ1) is 13.6. The Morgan fingerprint density at radius 2 is 1.93 bits per heavy atom. The van der Waals surface area contributed by atoms with Crippen LogP contribution in [0.3, 0.4) is 0 Å². The molecule has 2 amide bonds. The summed E-state index contributed by atoms with van der Waals surface area (Å²) in [6.45, 7) is 4.10. The highest BCUT2D eigenvalue weighted by Gasteiger charge is 2.27. The zero-order chi connectivity index (χ0) is 19.5. The number of aryl methyl sites for hydroxylation is 1. The van der Waals surface area contributed by atoms with Crippen LogP contribution in [-0.2, 0) is 6.54 Å². The molecule has 142 valence electrons. The number of hydrogen-bond acceptors (Lipinski definition) is 3. The monoisotopic (exact) mass is 436 g/mol. The first kappa shape index (κ1) is 18.5. The molecule has 0 bridgehead atoms. The molecule has 1 aromatic heterocycles. The average molecular weight is 437 g/mol. The molecule has 2 heterocycles. The lowest BCUT2D eigenvalue weighted by Crippen LogP contribution is -2.46. The van der Waals surface area contributed by atoms with Crippen LogP contribution in [0.5, 0.6) is 0 Å². The Hall–Kier alpha value is -2.86. The average Bonchev–Trinajstić information content (AvgIpc) is 2.72. The van der Waals surface area contributed by atoms with Gasteiger partial charge in [0.25, 0.3) is 0 Å². The Morgan fingerprint density at radius 3 is 2.71 bits per heavy atom. The standard InChI is InChI=1S/C22H21BrN4O/c1-16-14-18(9-10-19(16)23)25-22(28)27-13-12-26(15-17-6-3-2-4-7-17)21-20(27)8-5-11-24-21/h2-11,14H,12-13,15H2,1H3,(H,25,28). The van der Waals surface area contributed by atoms with Crippen LogP contribution < -0.4 is 15.1 Å². The third-order valence-electron chi connectivity index (χ3n) is 4.82. The second kappa shape index (κ2) is 8.02.